The summed E-state index contributed by atoms with van der Waals surface area (Å²) in [6, 6.07) is 5.30. The zero-order valence-corrected chi connectivity index (χ0v) is 11.6. The second-order valence-electron chi connectivity index (χ2n) is 3.89. The summed E-state index contributed by atoms with van der Waals surface area (Å²) in [5.41, 5.74) is 7.13. The van der Waals surface area contributed by atoms with Crippen LogP contribution in [0.5, 0.6) is 0 Å². The van der Waals surface area contributed by atoms with E-state index in [4.69, 9.17) is 10.5 Å². The van der Waals surface area contributed by atoms with Crippen molar-refractivity contribution in [3.05, 3.63) is 29.3 Å². The van der Waals surface area contributed by atoms with Gasteiger partial charge in [0.05, 0.1) is 11.5 Å². The van der Waals surface area contributed by atoms with Gasteiger partial charge in [0.1, 0.15) is 0 Å². The molecule has 0 aliphatic rings. The highest BCUT2D eigenvalue weighted by Gasteiger charge is 2.17. The predicted octanol–water partition coefficient (Wildman–Crippen LogP) is 0.632. The second-order valence-corrected chi connectivity index (χ2v) is 5.63. The number of rotatable bonds is 7. The smallest absolute Gasteiger partial charge is 0.240 e. The summed E-state index contributed by atoms with van der Waals surface area (Å²) in [4.78, 5) is 0.309. The molecule has 0 radical (unpaired) electrons. The summed E-state index contributed by atoms with van der Waals surface area (Å²) in [5.74, 6) is 0. The van der Waals surface area contributed by atoms with E-state index in [0.717, 1.165) is 11.1 Å². The molecule has 1 aromatic rings. The van der Waals surface area contributed by atoms with E-state index in [0.29, 0.717) is 24.5 Å². The van der Waals surface area contributed by atoms with Crippen molar-refractivity contribution in [1.82, 2.24) is 4.72 Å². The minimum Gasteiger partial charge on any atom is -0.383 e. The van der Waals surface area contributed by atoms with Crippen molar-refractivity contribution in [3.8, 4) is 0 Å². The lowest BCUT2D eigenvalue weighted by atomic mass is 10.1. The first-order valence-electron chi connectivity index (χ1n) is 5.85. The molecule has 0 bridgehead atoms. The van der Waals surface area contributed by atoms with Gasteiger partial charge in [-0.15, -0.1) is 0 Å². The maximum absolute atomic E-state index is 12.1. The summed E-state index contributed by atoms with van der Waals surface area (Å²) in [5, 5.41) is 0. The normalized spacial score (nSPS) is 11.7. The van der Waals surface area contributed by atoms with Gasteiger partial charge in [0.15, 0.2) is 0 Å². The molecule has 5 nitrogen and oxygen atoms in total. The van der Waals surface area contributed by atoms with Crippen molar-refractivity contribution in [2.45, 2.75) is 24.8 Å². The van der Waals surface area contributed by atoms with Crippen molar-refractivity contribution in [3.63, 3.8) is 0 Å². The third-order valence-electron chi connectivity index (χ3n) is 2.64. The number of nitrogens with one attached hydrogen (secondary N) is 1. The van der Waals surface area contributed by atoms with Crippen molar-refractivity contribution in [1.29, 1.82) is 0 Å². The number of ether oxygens (including phenoxy) is 1. The Morgan fingerprint density at radius 1 is 1.39 bits per heavy atom. The van der Waals surface area contributed by atoms with Crippen LogP contribution in [-0.4, -0.2) is 28.7 Å². The predicted molar refractivity (Wildman–Crippen MR) is 70.8 cm³/mol. The number of hydrogen-bond acceptors (Lipinski definition) is 4. The third-order valence-corrected chi connectivity index (χ3v) is 4.18. The summed E-state index contributed by atoms with van der Waals surface area (Å²) in [6.45, 7) is 2.85. The van der Waals surface area contributed by atoms with Gasteiger partial charge in [0.25, 0.3) is 0 Å². The molecule has 0 saturated carbocycles. The molecular weight excluding hydrogens is 252 g/mol. The van der Waals surface area contributed by atoms with Gasteiger partial charge in [-0.3, -0.25) is 0 Å². The summed E-state index contributed by atoms with van der Waals surface area (Å²) in [7, 11) is -1.96. The number of nitrogens with two attached hydrogens (primary N) is 1. The van der Waals surface area contributed by atoms with E-state index >= 15 is 0 Å². The molecule has 1 aromatic carbocycles. The van der Waals surface area contributed by atoms with E-state index in [-0.39, 0.29) is 6.54 Å². The fraction of sp³-hybridized carbons (Fsp3) is 0.500. The lowest BCUT2D eigenvalue weighted by Crippen LogP contribution is -2.28. The summed E-state index contributed by atoms with van der Waals surface area (Å²) >= 11 is 0. The molecule has 0 unspecified atom stereocenters. The summed E-state index contributed by atoms with van der Waals surface area (Å²) < 4.78 is 31.6. The van der Waals surface area contributed by atoms with Crippen LogP contribution >= 0.6 is 0 Å². The second kappa shape index (κ2) is 6.84. The molecule has 0 spiro atoms. The van der Waals surface area contributed by atoms with Crippen LogP contribution in [0.1, 0.15) is 18.1 Å². The van der Waals surface area contributed by atoms with Crippen LogP contribution < -0.4 is 10.5 Å². The fourth-order valence-electron chi connectivity index (χ4n) is 1.62. The fourth-order valence-corrected chi connectivity index (χ4v) is 3.00. The van der Waals surface area contributed by atoms with E-state index in [1.807, 2.05) is 19.1 Å². The van der Waals surface area contributed by atoms with Crippen LogP contribution in [0.2, 0.25) is 0 Å². The third kappa shape index (κ3) is 3.78. The zero-order chi connectivity index (χ0) is 13.6. The Kier molecular flexibility index (Phi) is 5.74. The van der Waals surface area contributed by atoms with Crippen molar-refractivity contribution < 1.29 is 13.2 Å². The Morgan fingerprint density at radius 3 is 2.67 bits per heavy atom. The minimum atomic E-state index is -3.49. The lowest BCUT2D eigenvalue weighted by molar-refractivity contribution is 0.204. The standard InChI is InChI=1S/C12H20N2O3S/c1-3-11-5-4-10(9-13)8-12(11)18(15,16)14-6-7-17-2/h4-5,8,14H,3,6-7,9,13H2,1-2H3. The van der Waals surface area contributed by atoms with Crippen molar-refractivity contribution in [2.24, 2.45) is 5.73 Å². The molecule has 0 aliphatic carbocycles. The molecule has 3 N–H and O–H groups in total. The van der Waals surface area contributed by atoms with Gasteiger partial charge >= 0.3 is 0 Å². The quantitative estimate of drug-likeness (QED) is 0.713. The maximum Gasteiger partial charge on any atom is 0.240 e. The van der Waals surface area contributed by atoms with Crippen LogP contribution in [0.4, 0.5) is 0 Å². The van der Waals surface area contributed by atoms with Gasteiger partial charge < -0.3 is 10.5 Å². The Hall–Kier alpha value is -0.950. The van der Waals surface area contributed by atoms with E-state index in [2.05, 4.69) is 4.72 Å². The molecule has 0 aromatic heterocycles. The van der Waals surface area contributed by atoms with Crippen LogP contribution in [0.3, 0.4) is 0 Å². The highest BCUT2D eigenvalue weighted by atomic mass is 32.2. The first kappa shape index (κ1) is 15.1. The largest absolute Gasteiger partial charge is 0.383 e. The molecule has 0 amide bonds. The molecule has 6 heteroatoms. The van der Waals surface area contributed by atoms with Gasteiger partial charge in [-0.2, -0.15) is 0 Å². The Balaban J connectivity index is 3.05. The van der Waals surface area contributed by atoms with Gasteiger partial charge in [-0.25, -0.2) is 13.1 Å². The van der Waals surface area contributed by atoms with E-state index in [9.17, 15) is 8.42 Å². The van der Waals surface area contributed by atoms with Gasteiger partial charge in [0.2, 0.25) is 10.0 Å². The zero-order valence-electron chi connectivity index (χ0n) is 10.8. The van der Waals surface area contributed by atoms with Crippen LogP contribution in [0.25, 0.3) is 0 Å². The molecule has 102 valence electrons. The highest BCUT2D eigenvalue weighted by molar-refractivity contribution is 7.89. The monoisotopic (exact) mass is 272 g/mol. The molecular formula is C12H20N2O3S. The van der Waals surface area contributed by atoms with Crippen molar-refractivity contribution >= 4 is 10.0 Å². The topological polar surface area (TPSA) is 81.4 Å². The first-order chi connectivity index (χ1) is 8.55. The molecule has 0 heterocycles. The number of sulfonamides is 1. The SMILES string of the molecule is CCc1ccc(CN)cc1S(=O)(=O)NCCOC. The van der Waals surface area contributed by atoms with Crippen LogP contribution in [-0.2, 0) is 27.7 Å². The molecule has 18 heavy (non-hydrogen) atoms. The van der Waals surface area contributed by atoms with Crippen LogP contribution in [0, 0.1) is 0 Å². The number of hydrogen-bond donors (Lipinski definition) is 2. The minimum absolute atomic E-state index is 0.259. The van der Waals surface area contributed by atoms with E-state index in [1.54, 1.807) is 6.07 Å². The Morgan fingerprint density at radius 2 is 2.11 bits per heavy atom. The molecule has 0 atom stereocenters. The number of aryl methyl sites for hydroxylation is 1. The van der Waals surface area contributed by atoms with Gasteiger partial charge in [-0.05, 0) is 23.6 Å². The Labute approximate surface area is 108 Å². The molecule has 0 fully saturated rings. The van der Waals surface area contributed by atoms with Gasteiger partial charge in [-0.1, -0.05) is 19.1 Å². The lowest BCUT2D eigenvalue weighted by Gasteiger charge is -2.11. The van der Waals surface area contributed by atoms with Crippen molar-refractivity contribution in [2.75, 3.05) is 20.3 Å². The highest BCUT2D eigenvalue weighted by Crippen LogP contribution is 2.18. The Bertz CT molecular complexity index is 486. The first-order valence-corrected chi connectivity index (χ1v) is 7.34. The van der Waals surface area contributed by atoms with Gasteiger partial charge in [0, 0.05) is 20.2 Å². The number of methoxy groups -OCH3 is 1. The molecule has 1 rings (SSSR count). The van der Waals surface area contributed by atoms with E-state index < -0.39 is 10.0 Å². The van der Waals surface area contributed by atoms with E-state index in [1.165, 1.54) is 7.11 Å². The summed E-state index contributed by atoms with van der Waals surface area (Å²) in [6.07, 6.45) is 0.658. The average molecular weight is 272 g/mol. The maximum atomic E-state index is 12.1. The molecule has 0 aliphatic heterocycles. The number of benzene rings is 1. The average Bonchev–Trinajstić information content (AvgIpc) is 2.38. The molecule has 0 saturated heterocycles. The van der Waals surface area contributed by atoms with Crippen LogP contribution in [0.15, 0.2) is 23.1 Å².